The minimum absolute atomic E-state index is 0.103. The summed E-state index contributed by atoms with van der Waals surface area (Å²) in [5.74, 6) is 0.451. The van der Waals surface area contributed by atoms with Crippen LogP contribution < -0.4 is 16.2 Å². The molecular formula is C14H19N5O. The highest BCUT2D eigenvalue weighted by Gasteiger charge is 2.13. The molecule has 2 aromatic rings. The molecule has 0 fully saturated rings. The number of hydrogen-bond acceptors (Lipinski definition) is 5. The van der Waals surface area contributed by atoms with Crippen LogP contribution in [0, 0.1) is 0 Å². The van der Waals surface area contributed by atoms with Gasteiger partial charge in [0.05, 0.1) is 0 Å². The molecule has 6 heteroatoms. The lowest BCUT2D eigenvalue weighted by molar-refractivity contribution is 0.707. The molecule has 0 aromatic carbocycles. The van der Waals surface area contributed by atoms with Crippen molar-refractivity contribution >= 4 is 5.82 Å². The van der Waals surface area contributed by atoms with Crippen molar-refractivity contribution in [2.75, 3.05) is 18.0 Å². The highest BCUT2D eigenvalue weighted by molar-refractivity contribution is 5.36. The van der Waals surface area contributed by atoms with Crippen LogP contribution in [-0.4, -0.2) is 27.6 Å². The van der Waals surface area contributed by atoms with Gasteiger partial charge < -0.3 is 15.2 Å². The second-order valence-electron chi connectivity index (χ2n) is 4.59. The maximum Gasteiger partial charge on any atom is 0.293 e. The largest absolute Gasteiger partial charge is 0.348 e. The van der Waals surface area contributed by atoms with Crippen LogP contribution in [0.4, 0.5) is 5.82 Å². The van der Waals surface area contributed by atoms with E-state index in [0.717, 1.165) is 12.0 Å². The molecule has 0 saturated carbocycles. The lowest BCUT2D eigenvalue weighted by Gasteiger charge is -2.23. The molecule has 0 radical (unpaired) electrons. The lowest BCUT2D eigenvalue weighted by Crippen LogP contribution is -2.33. The third-order valence-corrected chi connectivity index (χ3v) is 3.03. The number of anilines is 1. The molecule has 2 N–H and O–H groups in total. The molecule has 0 aliphatic rings. The van der Waals surface area contributed by atoms with Crippen molar-refractivity contribution < 1.29 is 0 Å². The monoisotopic (exact) mass is 273 g/mol. The maximum absolute atomic E-state index is 12.2. The molecule has 0 atom stereocenters. The Morgan fingerprint density at radius 3 is 2.95 bits per heavy atom. The number of rotatable bonds is 6. The van der Waals surface area contributed by atoms with Gasteiger partial charge in [0, 0.05) is 44.9 Å². The summed E-state index contributed by atoms with van der Waals surface area (Å²) in [7, 11) is 1.72. The van der Waals surface area contributed by atoms with Gasteiger partial charge in [-0.2, -0.15) is 0 Å². The van der Waals surface area contributed by atoms with Crippen molar-refractivity contribution in [1.82, 2.24) is 14.5 Å². The average Bonchev–Trinajstić information content (AvgIpc) is 2.48. The molecule has 0 aliphatic carbocycles. The summed E-state index contributed by atoms with van der Waals surface area (Å²) in [6.07, 6.45) is 7.61. The first-order valence-electron chi connectivity index (χ1n) is 6.58. The molecule has 0 unspecified atom stereocenters. The Labute approximate surface area is 117 Å². The highest BCUT2D eigenvalue weighted by Crippen LogP contribution is 2.10. The maximum atomic E-state index is 12.2. The zero-order chi connectivity index (χ0) is 14.4. The van der Waals surface area contributed by atoms with E-state index < -0.39 is 0 Å². The van der Waals surface area contributed by atoms with Gasteiger partial charge in [0.2, 0.25) is 0 Å². The van der Waals surface area contributed by atoms with Crippen molar-refractivity contribution in [2.24, 2.45) is 12.8 Å². The average molecular weight is 273 g/mol. The molecular weight excluding hydrogens is 254 g/mol. The van der Waals surface area contributed by atoms with Crippen LogP contribution in [0.3, 0.4) is 0 Å². The van der Waals surface area contributed by atoms with Crippen molar-refractivity contribution in [3.63, 3.8) is 0 Å². The van der Waals surface area contributed by atoms with E-state index >= 15 is 0 Å². The molecule has 6 nitrogen and oxygen atoms in total. The summed E-state index contributed by atoms with van der Waals surface area (Å²) >= 11 is 0. The van der Waals surface area contributed by atoms with Gasteiger partial charge in [-0.25, -0.2) is 4.98 Å². The standard InChI is InChI=1S/C14H19N5O/c1-18-9-7-17-13(14(18)20)19(8-3-5-15)11-12-4-2-6-16-10-12/h2,4,6-7,9-10H,3,5,8,11,15H2,1H3. The molecule has 0 aliphatic heterocycles. The predicted molar refractivity (Wildman–Crippen MR) is 78.4 cm³/mol. The number of nitrogens with two attached hydrogens (primary N) is 1. The van der Waals surface area contributed by atoms with E-state index in [9.17, 15) is 4.79 Å². The van der Waals surface area contributed by atoms with Gasteiger partial charge in [0.25, 0.3) is 5.56 Å². The number of aromatic nitrogens is 3. The second kappa shape index (κ2) is 6.81. The van der Waals surface area contributed by atoms with Gasteiger partial charge in [0.1, 0.15) is 0 Å². The number of nitrogens with zero attached hydrogens (tertiary/aromatic N) is 4. The second-order valence-corrected chi connectivity index (χ2v) is 4.59. The van der Waals surface area contributed by atoms with Crippen molar-refractivity contribution in [2.45, 2.75) is 13.0 Å². The van der Waals surface area contributed by atoms with Crippen molar-refractivity contribution in [3.8, 4) is 0 Å². The molecule has 2 aromatic heterocycles. The SMILES string of the molecule is Cn1ccnc(N(CCCN)Cc2cccnc2)c1=O. The van der Waals surface area contributed by atoms with E-state index in [1.54, 1.807) is 31.8 Å². The Hall–Kier alpha value is -2.21. The first-order valence-corrected chi connectivity index (χ1v) is 6.58. The van der Waals surface area contributed by atoms with Gasteiger partial charge in [-0.3, -0.25) is 9.78 Å². The van der Waals surface area contributed by atoms with Gasteiger partial charge in [0.15, 0.2) is 5.82 Å². The Kier molecular flexibility index (Phi) is 4.84. The zero-order valence-corrected chi connectivity index (χ0v) is 11.6. The Morgan fingerprint density at radius 2 is 2.25 bits per heavy atom. The van der Waals surface area contributed by atoms with Crippen LogP contribution in [0.15, 0.2) is 41.7 Å². The minimum atomic E-state index is -0.103. The number of aryl methyl sites for hydroxylation is 1. The number of hydrogen-bond donors (Lipinski definition) is 1. The molecule has 0 saturated heterocycles. The third-order valence-electron chi connectivity index (χ3n) is 3.03. The van der Waals surface area contributed by atoms with E-state index in [4.69, 9.17) is 5.73 Å². The van der Waals surface area contributed by atoms with Gasteiger partial charge in [-0.1, -0.05) is 6.07 Å². The van der Waals surface area contributed by atoms with Gasteiger partial charge in [-0.05, 0) is 24.6 Å². The summed E-state index contributed by atoms with van der Waals surface area (Å²) in [6.45, 7) is 1.87. The number of pyridine rings is 1. The summed E-state index contributed by atoms with van der Waals surface area (Å²) < 4.78 is 1.53. The molecule has 0 spiro atoms. The Bertz CT molecular complexity index is 596. The summed E-state index contributed by atoms with van der Waals surface area (Å²) in [6, 6.07) is 3.86. The molecule has 0 amide bonds. The Balaban J connectivity index is 2.27. The van der Waals surface area contributed by atoms with E-state index in [-0.39, 0.29) is 5.56 Å². The van der Waals surface area contributed by atoms with Gasteiger partial charge in [-0.15, -0.1) is 0 Å². The fraction of sp³-hybridized carbons (Fsp3) is 0.357. The molecule has 2 heterocycles. The van der Waals surface area contributed by atoms with Crippen LogP contribution in [0.5, 0.6) is 0 Å². The molecule has 0 bridgehead atoms. The van der Waals surface area contributed by atoms with Gasteiger partial charge >= 0.3 is 0 Å². The van der Waals surface area contributed by atoms with E-state index in [1.165, 1.54) is 4.57 Å². The Morgan fingerprint density at radius 1 is 1.40 bits per heavy atom. The zero-order valence-electron chi connectivity index (χ0n) is 11.6. The predicted octanol–water partition coefficient (Wildman–Crippen LogP) is 0.531. The van der Waals surface area contributed by atoms with Crippen LogP contribution in [-0.2, 0) is 13.6 Å². The van der Waals surface area contributed by atoms with Crippen LogP contribution >= 0.6 is 0 Å². The fourth-order valence-electron chi connectivity index (χ4n) is 1.96. The normalized spacial score (nSPS) is 10.5. The molecule has 106 valence electrons. The lowest BCUT2D eigenvalue weighted by atomic mass is 10.2. The van der Waals surface area contributed by atoms with Crippen molar-refractivity contribution in [1.29, 1.82) is 0 Å². The van der Waals surface area contributed by atoms with Crippen molar-refractivity contribution in [3.05, 3.63) is 52.8 Å². The summed E-state index contributed by atoms with van der Waals surface area (Å²) in [5, 5.41) is 0. The van der Waals surface area contributed by atoms with Crippen LogP contribution in [0.25, 0.3) is 0 Å². The quantitative estimate of drug-likeness (QED) is 0.831. The topological polar surface area (TPSA) is 77.0 Å². The summed E-state index contributed by atoms with van der Waals surface area (Å²) in [5.41, 5.74) is 6.51. The van der Waals surface area contributed by atoms with E-state index in [2.05, 4.69) is 9.97 Å². The molecule has 20 heavy (non-hydrogen) atoms. The highest BCUT2D eigenvalue weighted by atomic mass is 16.1. The first-order chi connectivity index (χ1) is 9.72. The fourth-order valence-corrected chi connectivity index (χ4v) is 1.96. The van der Waals surface area contributed by atoms with E-state index in [1.807, 2.05) is 17.0 Å². The summed E-state index contributed by atoms with van der Waals surface area (Å²) in [4.78, 5) is 22.4. The third kappa shape index (κ3) is 3.42. The minimum Gasteiger partial charge on any atom is -0.348 e. The first kappa shape index (κ1) is 14.2. The molecule has 2 rings (SSSR count). The van der Waals surface area contributed by atoms with Crippen LogP contribution in [0.1, 0.15) is 12.0 Å². The van der Waals surface area contributed by atoms with E-state index in [0.29, 0.717) is 25.5 Å². The smallest absolute Gasteiger partial charge is 0.293 e. The van der Waals surface area contributed by atoms with Crippen LogP contribution in [0.2, 0.25) is 0 Å².